The van der Waals surface area contributed by atoms with Gasteiger partial charge in [0.25, 0.3) is 5.56 Å². The van der Waals surface area contributed by atoms with Crippen molar-refractivity contribution in [3.63, 3.8) is 0 Å². The number of nitrogens with zero attached hydrogens (tertiary/aromatic N) is 3. The number of amides is 9. The van der Waals surface area contributed by atoms with Crippen molar-refractivity contribution in [2.75, 3.05) is 65.7 Å². The summed E-state index contributed by atoms with van der Waals surface area (Å²) in [6, 6.07) is 10.5. The van der Waals surface area contributed by atoms with Crippen LogP contribution in [0.25, 0.3) is 22.3 Å². The number of rotatable bonds is 32. The molecule has 4 aromatic rings. The third-order valence-corrected chi connectivity index (χ3v) is 17.8. The molecular formula is C64H81FN10O15. The van der Waals surface area contributed by atoms with Gasteiger partial charge in [-0.2, -0.15) is 0 Å². The van der Waals surface area contributed by atoms with Crippen LogP contribution in [-0.4, -0.2) is 150 Å². The zero-order valence-electron chi connectivity index (χ0n) is 51.6. The first kappa shape index (κ1) is 67.4. The molecule has 0 radical (unpaired) electrons. The smallest absolute Gasteiger partial charge is 0.343 e. The Morgan fingerprint density at radius 1 is 0.800 bits per heavy atom. The number of pyridine rings is 2. The van der Waals surface area contributed by atoms with Gasteiger partial charge in [0.2, 0.25) is 53.2 Å². The minimum absolute atomic E-state index is 0.000847. The summed E-state index contributed by atoms with van der Waals surface area (Å²) in [6.45, 7) is 8.53. The molecule has 0 spiro atoms. The van der Waals surface area contributed by atoms with E-state index >= 15 is 4.39 Å². The Hall–Kier alpha value is -8.49. The van der Waals surface area contributed by atoms with Gasteiger partial charge in [-0.3, -0.25) is 52.8 Å². The van der Waals surface area contributed by atoms with Crippen LogP contribution >= 0.6 is 0 Å². The lowest BCUT2D eigenvalue weighted by molar-refractivity contribution is -0.172. The molecule has 0 saturated carbocycles. The molecule has 0 bridgehead atoms. The highest BCUT2D eigenvalue weighted by atomic mass is 19.1. The number of aryl methyl sites for hydroxylation is 2. The number of hydrogen-bond acceptors (Lipinski definition) is 16. The summed E-state index contributed by atoms with van der Waals surface area (Å²) in [5.41, 5.74) is 2.02. The Kier molecular flexibility index (Phi) is 22.7. The van der Waals surface area contributed by atoms with Crippen LogP contribution in [0.2, 0.25) is 0 Å². The van der Waals surface area contributed by atoms with E-state index in [1.54, 1.807) is 19.9 Å². The predicted molar refractivity (Wildman–Crippen MR) is 324 cm³/mol. The van der Waals surface area contributed by atoms with E-state index in [0.717, 1.165) is 24.0 Å². The normalized spacial score (nSPS) is 17.6. The van der Waals surface area contributed by atoms with E-state index in [4.69, 9.17) is 19.2 Å². The summed E-state index contributed by atoms with van der Waals surface area (Å²) in [6.07, 6.45) is 3.18. The quantitative estimate of drug-likeness (QED) is 0.0174. The van der Waals surface area contributed by atoms with Gasteiger partial charge in [0.1, 0.15) is 18.5 Å². The Morgan fingerprint density at radius 2 is 1.48 bits per heavy atom. The summed E-state index contributed by atoms with van der Waals surface area (Å²) >= 11 is 0. The molecule has 2 aromatic carbocycles. The van der Waals surface area contributed by atoms with Crippen LogP contribution in [0.4, 0.5) is 4.39 Å². The maximum Gasteiger partial charge on any atom is 0.343 e. The van der Waals surface area contributed by atoms with Crippen molar-refractivity contribution in [1.82, 2.24) is 51.7 Å². The van der Waals surface area contributed by atoms with E-state index in [9.17, 15) is 57.8 Å². The first-order chi connectivity index (χ1) is 43.1. The van der Waals surface area contributed by atoms with Crippen molar-refractivity contribution in [1.29, 1.82) is 0 Å². The fraction of sp³-hybridized carbons (Fsp3) is 0.531. The molecule has 1 aliphatic carbocycles. The van der Waals surface area contributed by atoms with Crippen molar-refractivity contribution in [2.24, 2.45) is 11.3 Å². The predicted octanol–water partition coefficient (Wildman–Crippen LogP) is 2.12. The van der Waals surface area contributed by atoms with Crippen LogP contribution in [0.1, 0.15) is 137 Å². The number of hydrogen-bond donors (Lipinski definition) is 8. The minimum atomic E-state index is -2.05. The van der Waals surface area contributed by atoms with Gasteiger partial charge in [-0.15, -0.1) is 0 Å². The fourth-order valence-electron chi connectivity index (χ4n) is 12.0. The second-order valence-corrected chi connectivity index (χ2v) is 23.4. The van der Waals surface area contributed by atoms with E-state index in [2.05, 4.69) is 37.2 Å². The molecule has 8 N–H and O–H groups in total. The van der Waals surface area contributed by atoms with Crippen molar-refractivity contribution in [2.45, 2.75) is 143 Å². The molecule has 4 aliphatic rings. The molecule has 4 atom stereocenters. The van der Waals surface area contributed by atoms with Crippen molar-refractivity contribution < 1.29 is 71.7 Å². The summed E-state index contributed by atoms with van der Waals surface area (Å²) in [5, 5.41) is 30.6. The highest BCUT2D eigenvalue weighted by Gasteiger charge is 2.48. The van der Waals surface area contributed by atoms with Crippen LogP contribution in [0.15, 0.2) is 47.3 Å². The number of nitrogens with one attached hydrogen (secondary N) is 7. The maximum atomic E-state index is 15.4. The number of likely N-dealkylation sites (tertiary alicyclic amines) is 1. The first-order valence-electron chi connectivity index (χ1n) is 30.9. The van der Waals surface area contributed by atoms with Gasteiger partial charge in [0, 0.05) is 67.9 Å². The molecule has 484 valence electrons. The first-order valence-corrected chi connectivity index (χ1v) is 30.9. The van der Waals surface area contributed by atoms with Crippen LogP contribution in [-0.2, 0) is 93.8 Å². The lowest BCUT2D eigenvalue weighted by Crippen LogP contribution is -2.51. The summed E-state index contributed by atoms with van der Waals surface area (Å²) in [4.78, 5) is 149. The third kappa shape index (κ3) is 15.7. The molecule has 1 fully saturated rings. The van der Waals surface area contributed by atoms with Crippen molar-refractivity contribution in [3.8, 4) is 11.4 Å². The molecule has 8 rings (SSSR count). The number of carbonyl (C=O) groups excluding carboxylic acids is 10. The van der Waals surface area contributed by atoms with Crippen molar-refractivity contribution >= 4 is 70.0 Å². The lowest BCUT2D eigenvalue weighted by Gasteiger charge is -2.31. The van der Waals surface area contributed by atoms with Gasteiger partial charge in [-0.25, -0.2) is 14.2 Å². The summed E-state index contributed by atoms with van der Waals surface area (Å²) < 4.78 is 33.1. The van der Waals surface area contributed by atoms with Crippen LogP contribution in [0.5, 0.6) is 0 Å². The second kappa shape index (κ2) is 30.3. The number of halogens is 1. The number of aliphatic hydroxyl groups is 1. The molecule has 25 nitrogen and oxygen atoms in total. The van der Waals surface area contributed by atoms with Gasteiger partial charge >= 0.3 is 5.97 Å². The Labute approximate surface area is 520 Å². The number of cyclic esters (lactones) is 1. The van der Waals surface area contributed by atoms with Gasteiger partial charge in [0.15, 0.2) is 5.60 Å². The third-order valence-electron chi connectivity index (χ3n) is 17.8. The number of esters is 1. The van der Waals surface area contributed by atoms with Crippen LogP contribution < -0.4 is 42.8 Å². The topological polar surface area (TPSA) is 341 Å². The molecule has 90 heavy (non-hydrogen) atoms. The summed E-state index contributed by atoms with van der Waals surface area (Å²) in [7, 11) is 0. The monoisotopic (exact) mass is 1250 g/mol. The highest BCUT2D eigenvalue weighted by molar-refractivity contribution is 6.04. The highest BCUT2D eigenvalue weighted by Crippen LogP contribution is 2.46. The average molecular weight is 1250 g/mol. The van der Waals surface area contributed by atoms with Crippen LogP contribution in [0.3, 0.4) is 0 Å². The maximum absolute atomic E-state index is 15.4. The molecule has 3 aliphatic heterocycles. The Balaban J connectivity index is 0.720. The summed E-state index contributed by atoms with van der Waals surface area (Å²) in [5.74, 6) is -5.88. The number of benzene rings is 2. The average Bonchev–Trinajstić information content (AvgIpc) is 1.47. The molecular weight excluding hydrogens is 1170 g/mol. The van der Waals surface area contributed by atoms with Gasteiger partial charge < -0.3 is 61.1 Å². The number of ether oxygens (including phenoxy) is 3. The van der Waals surface area contributed by atoms with E-state index in [0.29, 0.717) is 58.2 Å². The van der Waals surface area contributed by atoms with Gasteiger partial charge in [-0.1, -0.05) is 58.0 Å². The van der Waals surface area contributed by atoms with E-state index < -0.39 is 84.2 Å². The lowest BCUT2D eigenvalue weighted by atomic mass is 9.72. The number of fused-ring (bicyclic) bond motifs is 5. The molecule has 1 unspecified atom stereocenters. The molecule has 9 amide bonds. The number of imide groups is 1. The SMILES string of the molecule is CCC(C)(CC)C1CC(=O)N(CCC(=O)NCCOCCOCCC(=O)NCC(=O)NCC(=O)N[C@@H](CCc2ccccc2)C(=O)NCC(=O)NCCCC(=O)N[C@H]2CCc3c(C)c(F)cc4nc5c(c2c34)Cn2c-5cc3c(c2=O)COC(=O)[C@]3(O)CC)C1=O. The molecule has 26 heteroatoms. The minimum Gasteiger partial charge on any atom is -0.458 e. The van der Waals surface area contributed by atoms with E-state index in [1.165, 1.54) is 15.5 Å². The zero-order valence-corrected chi connectivity index (χ0v) is 51.6. The van der Waals surface area contributed by atoms with Gasteiger partial charge in [0.05, 0.1) is 87.0 Å². The Bertz CT molecular complexity index is 3480. The van der Waals surface area contributed by atoms with E-state index in [-0.39, 0.29) is 150 Å². The molecule has 2 aromatic heterocycles. The zero-order chi connectivity index (χ0) is 64.9. The fourth-order valence-corrected chi connectivity index (χ4v) is 12.0. The Morgan fingerprint density at radius 3 is 2.21 bits per heavy atom. The number of aromatic nitrogens is 2. The molecule has 5 heterocycles. The number of carbonyl (C=O) groups is 10. The van der Waals surface area contributed by atoms with Crippen LogP contribution in [0, 0.1) is 24.1 Å². The van der Waals surface area contributed by atoms with E-state index in [1.807, 2.05) is 51.1 Å². The van der Waals surface area contributed by atoms with Crippen molar-refractivity contribution in [3.05, 3.63) is 97.6 Å². The van der Waals surface area contributed by atoms with Gasteiger partial charge in [-0.05, 0) is 92.0 Å². The largest absolute Gasteiger partial charge is 0.458 e. The standard InChI is InChI=1S/C64H81FN10O15/c1-6-63(5,7-2)43-30-55(82)74(61(43)85)24-20-49(76)67-23-26-89-28-27-88-25-21-50(77)68-32-53(80)69-34-54(81)72-46(18-16-38-13-10-9-11-14-38)59(83)70-33-52(79)66-22-12-15-51(78)71-45-19-17-39-37(4)44(65)31-47-56(39)57(45)40-35-75-48(58(40)73-47)29-42-41(60(75)84)36-90-62(86)64(42,87)8-3/h9-11,13-14,29,31,43,45-46,87H,6-8,12,15-28,30,32-36H2,1-5H3,(H,66,79)(H,67,76)(H,68,77)(H,69,80)(H,70,83)(H,71,78)(H,72,81)/t43?,45-,46-,64-/m0/s1. The molecule has 1 saturated heterocycles. The second-order valence-electron chi connectivity index (χ2n) is 23.4.